The van der Waals surface area contributed by atoms with Crippen LogP contribution < -0.4 is 0 Å². The Bertz CT molecular complexity index is 353. The molecule has 0 bridgehead atoms. The minimum Gasteiger partial charge on any atom is -0.246 e. The normalized spacial score (nSPS) is 26.2. The van der Waals surface area contributed by atoms with Gasteiger partial charge in [-0.25, -0.2) is 4.98 Å². The number of thiazole rings is 1. The van der Waals surface area contributed by atoms with Gasteiger partial charge in [-0.1, -0.05) is 36.7 Å². The van der Waals surface area contributed by atoms with Crippen molar-refractivity contribution in [2.45, 2.75) is 56.7 Å². The number of rotatable bonds is 2. The lowest BCUT2D eigenvalue weighted by Crippen LogP contribution is -2.11. The van der Waals surface area contributed by atoms with E-state index in [-0.39, 0.29) is 5.41 Å². The van der Waals surface area contributed by atoms with Gasteiger partial charge in [0.05, 0.1) is 10.7 Å². The fraction of sp³-hybridized carbons (Fsp3) is 0.769. The summed E-state index contributed by atoms with van der Waals surface area (Å²) in [6, 6.07) is 0. The van der Waals surface area contributed by atoms with Crippen molar-refractivity contribution in [1.82, 2.24) is 4.98 Å². The molecule has 1 aromatic rings. The number of halogens is 1. The molecule has 90 valence electrons. The van der Waals surface area contributed by atoms with Crippen LogP contribution in [0, 0.1) is 5.92 Å². The van der Waals surface area contributed by atoms with E-state index in [9.17, 15) is 0 Å². The highest BCUT2D eigenvalue weighted by molar-refractivity contribution is 9.09. The molecular weight excluding hydrogens is 282 g/mol. The predicted octanol–water partition coefficient (Wildman–Crippen LogP) is 4.55. The number of nitrogens with zero attached hydrogens (tertiary/aromatic N) is 1. The van der Waals surface area contributed by atoms with Gasteiger partial charge in [0.1, 0.15) is 0 Å². The lowest BCUT2D eigenvalue weighted by molar-refractivity contribution is 0.536. The molecule has 1 heterocycles. The largest absolute Gasteiger partial charge is 0.246 e. The first-order valence-corrected chi connectivity index (χ1v) is 7.83. The van der Waals surface area contributed by atoms with E-state index >= 15 is 0 Å². The zero-order valence-corrected chi connectivity index (χ0v) is 12.7. The molecule has 0 aromatic carbocycles. The Hall–Kier alpha value is 0.110. The molecule has 0 radical (unpaired) electrons. The van der Waals surface area contributed by atoms with Gasteiger partial charge in [-0.2, -0.15) is 0 Å². The first-order valence-electron chi connectivity index (χ1n) is 6.04. The maximum atomic E-state index is 4.77. The smallest absolute Gasteiger partial charge is 0.0931 e. The summed E-state index contributed by atoms with van der Waals surface area (Å²) in [5.41, 5.74) is 1.45. The number of hydrogen-bond donors (Lipinski definition) is 0. The molecule has 0 N–H and O–H groups in total. The van der Waals surface area contributed by atoms with Crippen molar-refractivity contribution in [3.8, 4) is 0 Å². The summed E-state index contributed by atoms with van der Waals surface area (Å²) < 4.78 is 0. The van der Waals surface area contributed by atoms with E-state index in [2.05, 4.69) is 42.1 Å². The van der Waals surface area contributed by atoms with Gasteiger partial charge < -0.3 is 0 Å². The second kappa shape index (κ2) is 4.77. The third-order valence-electron chi connectivity index (χ3n) is 3.26. The Balaban J connectivity index is 1.98. The van der Waals surface area contributed by atoms with Crippen LogP contribution in [0.3, 0.4) is 0 Å². The second-order valence-electron chi connectivity index (χ2n) is 5.86. The van der Waals surface area contributed by atoms with Gasteiger partial charge in [-0.05, 0) is 25.2 Å². The van der Waals surface area contributed by atoms with Crippen molar-refractivity contribution in [1.29, 1.82) is 0 Å². The van der Waals surface area contributed by atoms with E-state index in [0.29, 0.717) is 0 Å². The van der Waals surface area contributed by atoms with Crippen molar-refractivity contribution >= 4 is 27.3 Å². The Morgan fingerprint density at radius 1 is 1.44 bits per heavy atom. The minimum absolute atomic E-state index is 0.197. The van der Waals surface area contributed by atoms with E-state index < -0.39 is 0 Å². The highest BCUT2D eigenvalue weighted by Gasteiger charge is 2.24. The van der Waals surface area contributed by atoms with Crippen LogP contribution in [0.5, 0.6) is 0 Å². The number of hydrogen-bond acceptors (Lipinski definition) is 2. The second-order valence-corrected chi connectivity index (χ2v) is 8.09. The van der Waals surface area contributed by atoms with Crippen LogP contribution in [0.2, 0.25) is 0 Å². The fourth-order valence-electron chi connectivity index (χ4n) is 2.20. The monoisotopic (exact) mass is 301 g/mol. The highest BCUT2D eigenvalue weighted by Crippen LogP contribution is 2.34. The molecule has 0 amide bonds. The summed E-state index contributed by atoms with van der Waals surface area (Å²) in [5, 5.41) is 3.56. The molecule has 1 saturated carbocycles. The van der Waals surface area contributed by atoms with Gasteiger partial charge >= 0.3 is 0 Å². The van der Waals surface area contributed by atoms with Gasteiger partial charge in [-0.15, -0.1) is 11.3 Å². The lowest BCUT2D eigenvalue weighted by atomic mass is 9.93. The molecule has 1 nitrogen and oxygen atoms in total. The van der Waals surface area contributed by atoms with Crippen LogP contribution in [0.15, 0.2) is 5.38 Å². The molecule has 1 aliphatic carbocycles. The molecule has 3 heteroatoms. The van der Waals surface area contributed by atoms with Gasteiger partial charge in [0.25, 0.3) is 0 Å². The molecule has 2 unspecified atom stereocenters. The van der Waals surface area contributed by atoms with Gasteiger partial charge in [0.15, 0.2) is 0 Å². The average Bonchev–Trinajstić information content (AvgIpc) is 2.74. The van der Waals surface area contributed by atoms with Gasteiger partial charge in [0, 0.05) is 22.0 Å². The third kappa shape index (κ3) is 3.07. The topological polar surface area (TPSA) is 12.9 Å². The third-order valence-corrected chi connectivity index (χ3v) is 4.96. The van der Waals surface area contributed by atoms with Crippen LogP contribution in [0.25, 0.3) is 0 Å². The lowest BCUT2D eigenvalue weighted by Gasteiger charge is -2.14. The summed E-state index contributed by atoms with van der Waals surface area (Å²) in [4.78, 5) is 5.52. The van der Waals surface area contributed by atoms with E-state index in [1.807, 2.05) is 11.3 Å². The predicted molar refractivity (Wildman–Crippen MR) is 74.6 cm³/mol. The van der Waals surface area contributed by atoms with Crippen molar-refractivity contribution in [3.05, 3.63) is 16.1 Å². The maximum absolute atomic E-state index is 4.77. The molecule has 1 fully saturated rings. The number of aromatic nitrogens is 1. The summed E-state index contributed by atoms with van der Waals surface area (Å²) >= 11 is 5.55. The highest BCUT2D eigenvalue weighted by atomic mass is 79.9. The molecule has 16 heavy (non-hydrogen) atoms. The summed E-state index contributed by atoms with van der Waals surface area (Å²) in [6.07, 6.45) is 5.20. The standard InChI is InChI=1S/C13H20BrNS/c1-13(2,3)11-8-16-12(15-11)7-9-4-5-10(14)6-9/h8-10H,4-7H2,1-3H3. The van der Waals surface area contributed by atoms with Crippen LogP contribution in [-0.4, -0.2) is 9.81 Å². The minimum atomic E-state index is 0.197. The molecule has 0 aliphatic heterocycles. The quantitative estimate of drug-likeness (QED) is 0.731. The summed E-state index contributed by atoms with van der Waals surface area (Å²) in [7, 11) is 0. The summed E-state index contributed by atoms with van der Waals surface area (Å²) in [5.74, 6) is 0.850. The molecule has 1 aromatic heterocycles. The maximum Gasteiger partial charge on any atom is 0.0931 e. The van der Waals surface area contributed by atoms with Crippen LogP contribution in [0.1, 0.15) is 50.7 Å². The van der Waals surface area contributed by atoms with Gasteiger partial charge in [0.2, 0.25) is 0 Å². The van der Waals surface area contributed by atoms with E-state index in [1.165, 1.54) is 36.4 Å². The van der Waals surface area contributed by atoms with Crippen molar-refractivity contribution < 1.29 is 0 Å². The zero-order valence-electron chi connectivity index (χ0n) is 10.3. The van der Waals surface area contributed by atoms with Crippen LogP contribution in [0.4, 0.5) is 0 Å². The SMILES string of the molecule is CC(C)(C)c1csc(CC2CCC(Br)C2)n1. The van der Waals surface area contributed by atoms with E-state index in [1.54, 1.807) is 0 Å². The van der Waals surface area contributed by atoms with E-state index in [4.69, 9.17) is 4.98 Å². The average molecular weight is 302 g/mol. The first kappa shape index (κ1) is 12.6. The van der Waals surface area contributed by atoms with Crippen molar-refractivity contribution in [2.24, 2.45) is 5.92 Å². The molecule has 2 rings (SSSR count). The van der Waals surface area contributed by atoms with E-state index in [0.717, 1.165) is 10.7 Å². The Kier molecular flexibility index (Phi) is 3.75. The van der Waals surface area contributed by atoms with Crippen molar-refractivity contribution in [3.63, 3.8) is 0 Å². The molecular formula is C13H20BrNS. The van der Waals surface area contributed by atoms with Crippen molar-refractivity contribution in [2.75, 3.05) is 0 Å². The molecule has 0 spiro atoms. The zero-order chi connectivity index (χ0) is 11.8. The van der Waals surface area contributed by atoms with Gasteiger partial charge in [-0.3, -0.25) is 0 Å². The van der Waals surface area contributed by atoms with Crippen LogP contribution >= 0.6 is 27.3 Å². The molecule has 0 saturated heterocycles. The molecule has 1 aliphatic rings. The number of alkyl halides is 1. The Morgan fingerprint density at radius 2 is 2.19 bits per heavy atom. The Labute approximate surface area is 111 Å². The fourth-order valence-corrected chi connectivity index (χ4v) is 4.13. The first-order chi connectivity index (χ1) is 7.45. The Morgan fingerprint density at radius 3 is 2.69 bits per heavy atom. The molecule has 2 atom stereocenters. The summed E-state index contributed by atoms with van der Waals surface area (Å²) in [6.45, 7) is 6.70. The van der Waals surface area contributed by atoms with Crippen LogP contribution in [-0.2, 0) is 11.8 Å².